The Balaban J connectivity index is 1.73. The summed E-state index contributed by atoms with van der Waals surface area (Å²) in [6, 6.07) is 16.6. The molecule has 0 bridgehead atoms. The number of aromatic nitrogens is 1. The fourth-order valence-corrected chi connectivity index (χ4v) is 3.01. The Morgan fingerprint density at radius 1 is 1.07 bits per heavy atom. The Morgan fingerprint density at radius 2 is 1.85 bits per heavy atom. The van der Waals surface area contributed by atoms with Crippen LogP contribution in [-0.4, -0.2) is 11.0 Å². The van der Waals surface area contributed by atoms with Gasteiger partial charge in [0.15, 0.2) is 0 Å². The van der Waals surface area contributed by atoms with E-state index in [1.54, 1.807) is 12.3 Å². The van der Waals surface area contributed by atoms with Gasteiger partial charge in [0, 0.05) is 11.9 Å². The summed E-state index contributed by atoms with van der Waals surface area (Å²) in [5, 5.41) is 4.31. The number of hydrogen-bond acceptors (Lipinski definition) is 4. The van der Waals surface area contributed by atoms with Crippen molar-refractivity contribution in [2.75, 3.05) is 5.32 Å². The third-order valence-corrected chi connectivity index (χ3v) is 4.81. The number of hydrogen-bond donors (Lipinski definition) is 1. The van der Waals surface area contributed by atoms with Gasteiger partial charge in [-0.15, -0.1) is 0 Å². The summed E-state index contributed by atoms with van der Waals surface area (Å²) in [6.07, 6.45) is 1.79. The molecule has 1 N–H and O–H groups in total. The Morgan fingerprint density at radius 3 is 2.63 bits per heavy atom. The Hall–Kier alpha value is -2.56. The number of pyridine rings is 1. The molecule has 3 aromatic rings. The van der Waals surface area contributed by atoms with E-state index in [1.807, 2.05) is 55.5 Å². The van der Waals surface area contributed by atoms with Crippen LogP contribution in [0.5, 0.6) is 0 Å². The maximum absolute atomic E-state index is 12.2. The van der Waals surface area contributed by atoms with Gasteiger partial charge in [0.25, 0.3) is 0 Å². The molecule has 2 aromatic carbocycles. The number of para-hydroxylation sites is 1. The summed E-state index contributed by atoms with van der Waals surface area (Å²) in [4.78, 5) is 16.4. The van der Waals surface area contributed by atoms with Crippen molar-refractivity contribution < 1.29 is 9.53 Å². The van der Waals surface area contributed by atoms with E-state index >= 15 is 0 Å². The molecule has 0 saturated carbocycles. The van der Waals surface area contributed by atoms with Gasteiger partial charge in [-0.2, -0.15) is 0 Å². The highest BCUT2D eigenvalue weighted by Crippen LogP contribution is 2.36. The maximum atomic E-state index is 12.2. The lowest BCUT2D eigenvalue weighted by Crippen LogP contribution is -2.10. The number of rotatable bonds is 6. The molecule has 4 nitrogen and oxygen atoms in total. The highest BCUT2D eigenvalue weighted by atomic mass is 35.5. The highest BCUT2D eigenvalue weighted by molar-refractivity contribution is 6.39. The maximum Gasteiger partial charge on any atom is 0.310 e. The zero-order chi connectivity index (χ0) is 19.2. The minimum Gasteiger partial charge on any atom is -0.459 e. The lowest BCUT2D eigenvalue weighted by Gasteiger charge is -2.15. The molecule has 0 aliphatic carbocycles. The zero-order valence-corrected chi connectivity index (χ0v) is 16.2. The van der Waals surface area contributed by atoms with Gasteiger partial charge in [0.1, 0.15) is 6.61 Å². The lowest BCUT2D eigenvalue weighted by atomic mass is 10.1. The number of nitrogens with one attached hydrogen (secondary N) is 1. The molecule has 0 atom stereocenters. The second kappa shape index (κ2) is 8.89. The number of esters is 1. The molecule has 1 heterocycles. The van der Waals surface area contributed by atoms with Gasteiger partial charge < -0.3 is 10.1 Å². The Kier molecular flexibility index (Phi) is 6.32. The van der Waals surface area contributed by atoms with Gasteiger partial charge in [-0.25, -0.2) is 0 Å². The standard InChI is InChI=1S/C21H18Cl2N2O2/c1-14-9-10-17(22)21(20(14)23)25-18-8-3-2-6-15(18)12-19(26)27-13-16-7-4-5-11-24-16/h2-11,25H,12-13H2,1H3. The molecule has 0 radical (unpaired) electrons. The van der Waals surface area contributed by atoms with Crippen molar-refractivity contribution in [3.05, 3.63) is 87.7 Å². The Labute approximate surface area is 168 Å². The molecule has 0 saturated heterocycles. The van der Waals surface area contributed by atoms with E-state index in [-0.39, 0.29) is 19.0 Å². The lowest BCUT2D eigenvalue weighted by molar-refractivity contribution is -0.144. The quantitative estimate of drug-likeness (QED) is 0.537. The first kappa shape index (κ1) is 19.2. The van der Waals surface area contributed by atoms with Crippen LogP contribution in [0.25, 0.3) is 0 Å². The minimum absolute atomic E-state index is 0.122. The third kappa shape index (κ3) is 5.00. The summed E-state index contributed by atoms with van der Waals surface area (Å²) in [5.74, 6) is -0.337. The molecule has 0 fully saturated rings. The summed E-state index contributed by atoms with van der Waals surface area (Å²) in [6.45, 7) is 2.05. The van der Waals surface area contributed by atoms with Crippen molar-refractivity contribution in [1.29, 1.82) is 0 Å². The van der Waals surface area contributed by atoms with Crippen molar-refractivity contribution in [1.82, 2.24) is 4.98 Å². The first-order valence-electron chi connectivity index (χ1n) is 8.39. The van der Waals surface area contributed by atoms with E-state index in [0.29, 0.717) is 21.4 Å². The number of benzene rings is 2. The van der Waals surface area contributed by atoms with Crippen LogP contribution in [0, 0.1) is 6.92 Å². The van der Waals surface area contributed by atoms with Gasteiger partial charge in [-0.3, -0.25) is 9.78 Å². The summed E-state index contributed by atoms with van der Waals surface area (Å²) in [7, 11) is 0. The smallest absolute Gasteiger partial charge is 0.310 e. The molecular formula is C21H18Cl2N2O2. The molecule has 0 amide bonds. The predicted octanol–water partition coefficient (Wildman–Crippen LogP) is 5.73. The topological polar surface area (TPSA) is 51.2 Å². The van der Waals surface area contributed by atoms with Crippen LogP contribution < -0.4 is 5.32 Å². The SMILES string of the molecule is Cc1ccc(Cl)c(Nc2ccccc2CC(=O)OCc2ccccn2)c1Cl. The largest absolute Gasteiger partial charge is 0.459 e. The van der Waals surface area contributed by atoms with Crippen molar-refractivity contribution >= 4 is 40.5 Å². The normalized spacial score (nSPS) is 10.5. The summed E-state index contributed by atoms with van der Waals surface area (Å²) in [5.41, 5.74) is 3.78. The molecule has 138 valence electrons. The Bertz CT molecular complexity index is 946. The molecule has 0 unspecified atom stereocenters. The van der Waals surface area contributed by atoms with E-state index in [2.05, 4.69) is 10.3 Å². The number of aryl methyl sites for hydroxylation is 1. The van der Waals surface area contributed by atoms with Gasteiger partial charge in [-0.05, 0) is 42.3 Å². The van der Waals surface area contributed by atoms with Crippen LogP contribution in [0.3, 0.4) is 0 Å². The number of anilines is 2. The average Bonchev–Trinajstić information content (AvgIpc) is 2.69. The van der Waals surface area contributed by atoms with Crippen LogP contribution in [0.2, 0.25) is 10.0 Å². The van der Waals surface area contributed by atoms with Gasteiger partial charge in [0.05, 0.1) is 27.8 Å². The van der Waals surface area contributed by atoms with Crippen LogP contribution >= 0.6 is 23.2 Å². The molecular weight excluding hydrogens is 383 g/mol. The summed E-state index contributed by atoms with van der Waals surface area (Å²) < 4.78 is 5.32. The predicted molar refractivity (Wildman–Crippen MR) is 109 cm³/mol. The number of carbonyl (C=O) groups is 1. The number of halogens is 2. The highest BCUT2D eigenvalue weighted by Gasteiger charge is 2.13. The monoisotopic (exact) mass is 400 g/mol. The third-order valence-electron chi connectivity index (χ3n) is 4.00. The van der Waals surface area contributed by atoms with Crippen molar-refractivity contribution in [3.8, 4) is 0 Å². The molecule has 1 aromatic heterocycles. The van der Waals surface area contributed by atoms with Gasteiger partial charge >= 0.3 is 5.97 Å². The van der Waals surface area contributed by atoms with E-state index in [4.69, 9.17) is 27.9 Å². The average molecular weight is 401 g/mol. The molecule has 27 heavy (non-hydrogen) atoms. The van der Waals surface area contributed by atoms with Crippen molar-refractivity contribution in [2.24, 2.45) is 0 Å². The van der Waals surface area contributed by atoms with Crippen LogP contribution in [0.4, 0.5) is 11.4 Å². The van der Waals surface area contributed by atoms with E-state index in [1.165, 1.54) is 0 Å². The molecule has 0 aliphatic heterocycles. The first-order valence-corrected chi connectivity index (χ1v) is 9.15. The molecule has 0 spiro atoms. The number of ether oxygens (including phenoxy) is 1. The second-order valence-electron chi connectivity index (χ2n) is 5.99. The second-order valence-corrected chi connectivity index (χ2v) is 6.78. The van der Waals surface area contributed by atoms with E-state index < -0.39 is 0 Å². The van der Waals surface area contributed by atoms with E-state index in [9.17, 15) is 4.79 Å². The van der Waals surface area contributed by atoms with E-state index in [0.717, 1.165) is 16.8 Å². The minimum atomic E-state index is -0.337. The number of carbonyl (C=O) groups excluding carboxylic acids is 1. The van der Waals surface area contributed by atoms with Crippen LogP contribution in [-0.2, 0) is 22.6 Å². The van der Waals surface area contributed by atoms with Crippen LogP contribution in [0.1, 0.15) is 16.8 Å². The van der Waals surface area contributed by atoms with Crippen molar-refractivity contribution in [3.63, 3.8) is 0 Å². The molecule has 6 heteroatoms. The number of nitrogens with zero attached hydrogens (tertiary/aromatic N) is 1. The first-order chi connectivity index (χ1) is 13.0. The molecule has 3 rings (SSSR count). The fraction of sp³-hybridized carbons (Fsp3) is 0.143. The van der Waals surface area contributed by atoms with Gasteiger partial charge in [-0.1, -0.05) is 53.5 Å². The molecule has 0 aliphatic rings. The van der Waals surface area contributed by atoms with Crippen LogP contribution in [0.15, 0.2) is 60.8 Å². The van der Waals surface area contributed by atoms with Crippen molar-refractivity contribution in [2.45, 2.75) is 20.0 Å². The summed E-state index contributed by atoms with van der Waals surface area (Å²) >= 11 is 12.7. The zero-order valence-electron chi connectivity index (χ0n) is 14.7. The fourth-order valence-electron chi connectivity index (χ4n) is 2.55. The van der Waals surface area contributed by atoms with Gasteiger partial charge in [0.2, 0.25) is 0 Å².